The Morgan fingerprint density at radius 1 is 1.09 bits per heavy atom. The highest BCUT2D eigenvalue weighted by Crippen LogP contribution is 2.31. The number of thiazole rings is 1. The van der Waals surface area contributed by atoms with E-state index in [0.717, 1.165) is 10.6 Å². The molecular weight excluding hydrogens is 320 g/mol. The lowest BCUT2D eigenvalue weighted by Crippen LogP contribution is -1.89. The summed E-state index contributed by atoms with van der Waals surface area (Å²) in [6.07, 6.45) is 0. The van der Waals surface area contributed by atoms with Gasteiger partial charge in [-0.05, 0) is 31.2 Å². The van der Waals surface area contributed by atoms with Crippen molar-refractivity contribution < 1.29 is 8.78 Å². The summed E-state index contributed by atoms with van der Waals surface area (Å²) in [6.45, 7) is 2.05. The van der Waals surface area contributed by atoms with Gasteiger partial charge in [0.15, 0.2) is 0 Å². The van der Waals surface area contributed by atoms with Crippen molar-refractivity contribution in [2.75, 3.05) is 0 Å². The molecule has 0 atom stereocenters. The Morgan fingerprint density at radius 3 is 2.55 bits per heavy atom. The first kappa shape index (κ1) is 15.2. The Hall–Kier alpha value is -1.72. The largest absolute Gasteiger partial charge is 0.240 e. The first-order valence-electron chi connectivity index (χ1n) is 6.72. The summed E-state index contributed by atoms with van der Waals surface area (Å²) in [5, 5.41) is 2.24. The third-order valence-electron chi connectivity index (χ3n) is 3.10. The molecule has 3 aromatic rings. The summed E-state index contributed by atoms with van der Waals surface area (Å²) < 4.78 is 27.5. The highest BCUT2D eigenvalue weighted by atomic mass is 32.2. The van der Waals surface area contributed by atoms with Crippen molar-refractivity contribution >= 4 is 23.1 Å². The van der Waals surface area contributed by atoms with Crippen molar-refractivity contribution in [2.24, 2.45) is 0 Å². The fourth-order valence-corrected chi connectivity index (χ4v) is 3.93. The number of benzene rings is 2. The van der Waals surface area contributed by atoms with Crippen LogP contribution in [-0.2, 0) is 5.75 Å². The molecule has 0 aliphatic rings. The Balaban J connectivity index is 1.77. The van der Waals surface area contributed by atoms with Gasteiger partial charge in [-0.25, -0.2) is 13.8 Å². The second-order valence-electron chi connectivity index (χ2n) is 4.85. The molecule has 0 saturated heterocycles. The van der Waals surface area contributed by atoms with Crippen molar-refractivity contribution in [1.82, 2.24) is 4.98 Å². The maximum Gasteiger partial charge on any atom is 0.136 e. The SMILES string of the molecule is Cc1cccc(SCc2csc(-c3c(F)cccc3F)n2)c1. The van der Waals surface area contributed by atoms with Crippen LogP contribution >= 0.6 is 23.1 Å². The van der Waals surface area contributed by atoms with Gasteiger partial charge in [0.25, 0.3) is 0 Å². The predicted octanol–water partition coefficient (Wildman–Crippen LogP) is 5.69. The molecule has 0 aliphatic carbocycles. The summed E-state index contributed by atoms with van der Waals surface area (Å²) >= 11 is 2.93. The van der Waals surface area contributed by atoms with Crippen LogP contribution in [0.4, 0.5) is 8.78 Å². The number of thioether (sulfide) groups is 1. The van der Waals surface area contributed by atoms with Crippen LogP contribution in [0.3, 0.4) is 0 Å². The zero-order chi connectivity index (χ0) is 15.5. The van der Waals surface area contributed by atoms with E-state index in [9.17, 15) is 8.78 Å². The highest BCUT2D eigenvalue weighted by Gasteiger charge is 2.14. The molecular formula is C17H13F2NS2. The zero-order valence-electron chi connectivity index (χ0n) is 11.8. The van der Waals surface area contributed by atoms with Crippen LogP contribution in [0.5, 0.6) is 0 Å². The van der Waals surface area contributed by atoms with Gasteiger partial charge in [0.2, 0.25) is 0 Å². The molecule has 0 saturated carbocycles. The normalized spacial score (nSPS) is 10.9. The van der Waals surface area contributed by atoms with E-state index in [1.807, 2.05) is 30.5 Å². The molecule has 2 aromatic carbocycles. The lowest BCUT2D eigenvalue weighted by atomic mass is 10.2. The second kappa shape index (κ2) is 6.58. The van der Waals surface area contributed by atoms with Crippen LogP contribution in [0.15, 0.2) is 52.7 Å². The molecule has 0 fully saturated rings. The molecule has 0 aliphatic heterocycles. The van der Waals surface area contributed by atoms with Gasteiger partial charge in [-0.1, -0.05) is 23.8 Å². The van der Waals surface area contributed by atoms with Gasteiger partial charge in [-0.3, -0.25) is 0 Å². The maximum absolute atomic E-state index is 13.8. The number of hydrogen-bond donors (Lipinski definition) is 0. The number of rotatable bonds is 4. The first-order valence-corrected chi connectivity index (χ1v) is 8.58. The quantitative estimate of drug-likeness (QED) is 0.569. The summed E-state index contributed by atoms with van der Waals surface area (Å²) in [6, 6.07) is 12.1. The average molecular weight is 333 g/mol. The van der Waals surface area contributed by atoms with Crippen LogP contribution in [0, 0.1) is 18.6 Å². The van der Waals surface area contributed by atoms with Gasteiger partial charge in [-0.15, -0.1) is 23.1 Å². The van der Waals surface area contributed by atoms with Crippen molar-refractivity contribution in [2.45, 2.75) is 17.6 Å². The number of aromatic nitrogens is 1. The molecule has 0 spiro atoms. The van der Waals surface area contributed by atoms with E-state index in [0.29, 0.717) is 10.8 Å². The molecule has 0 unspecified atom stereocenters. The van der Waals surface area contributed by atoms with Crippen molar-refractivity contribution in [3.8, 4) is 10.6 Å². The molecule has 1 nitrogen and oxygen atoms in total. The van der Waals surface area contributed by atoms with Crippen molar-refractivity contribution in [3.05, 3.63) is 70.7 Å². The molecule has 0 radical (unpaired) electrons. The van der Waals surface area contributed by atoms with Gasteiger partial charge in [0.05, 0.1) is 11.3 Å². The third-order valence-corrected chi connectivity index (χ3v) is 5.04. The Morgan fingerprint density at radius 2 is 1.82 bits per heavy atom. The smallest absolute Gasteiger partial charge is 0.136 e. The maximum atomic E-state index is 13.8. The number of hydrogen-bond acceptors (Lipinski definition) is 3. The lowest BCUT2D eigenvalue weighted by molar-refractivity contribution is 0.589. The molecule has 112 valence electrons. The number of nitrogens with zero attached hydrogens (tertiary/aromatic N) is 1. The lowest BCUT2D eigenvalue weighted by Gasteiger charge is -2.01. The predicted molar refractivity (Wildman–Crippen MR) is 88.2 cm³/mol. The van der Waals surface area contributed by atoms with Crippen LogP contribution < -0.4 is 0 Å². The summed E-state index contributed by atoms with van der Waals surface area (Å²) in [7, 11) is 0. The monoisotopic (exact) mass is 333 g/mol. The van der Waals surface area contributed by atoms with E-state index < -0.39 is 11.6 Å². The number of aryl methyl sites for hydroxylation is 1. The number of halogens is 2. The van der Waals surface area contributed by atoms with E-state index in [-0.39, 0.29) is 5.56 Å². The van der Waals surface area contributed by atoms with Crippen LogP contribution in [0.25, 0.3) is 10.6 Å². The standard InChI is InChI=1S/C17H13F2NS2/c1-11-4-2-5-13(8-11)21-9-12-10-22-17(20-12)16-14(18)6-3-7-15(16)19/h2-8,10H,9H2,1H3. The second-order valence-corrected chi connectivity index (χ2v) is 6.75. The summed E-state index contributed by atoms with van der Waals surface area (Å²) in [5.41, 5.74) is 1.99. The van der Waals surface area contributed by atoms with Gasteiger partial charge in [0, 0.05) is 16.0 Å². The van der Waals surface area contributed by atoms with Crippen LogP contribution in [-0.4, -0.2) is 4.98 Å². The Kier molecular flexibility index (Phi) is 4.55. The minimum atomic E-state index is -0.577. The Bertz CT molecular complexity index is 779. The molecule has 1 aromatic heterocycles. The van der Waals surface area contributed by atoms with Gasteiger partial charge < -0.3 is 0 Å². The minimum Gasteiger partial charge on any atom is -0.240 e. The molecule has 22 heavy (non-hydrogen) atoms. The van der Waals surface area contributed by atoms with Crippen LogP contribution in [0.1, 0.15) is 11.3 Å². The fourth-order valence-electron chi connectivity index (χ4n) is 2.05. The highest BCUT2D eigenvalue weighted by molar-refractivity contribution is 7.98. The summed E-state index contributed by atoms with van der Waals surface area (Å²) in [5.74, 6) is -0.477. The minimum absolute atomic E-state index is 0.0423. The average Bonchev–Trinajstić information content (AvgIpc) is 2.94. The van der Waals surface area contributed by atoms with E-state index in [1.54, 1.807) is 11.8 Å². The van der Waals surface area contributed by atoms with Crippen LogP contribution in [0.2, 0.25) is 0 Å². The molecule has 1 heterocycles. The molecule has 3 rings (SSSR count). The van der Waals surface area contributed by atoms with E-state index in [1.165, 1.54) is 35.1 Å². The van der Waals surface area contributed by atoms with Gasteiger partial charge in [-0.2, -0.15) is 0 Å². The summed E-state index contributed by atoms with van der Waals surface area (Å²) in [4.78, 5) is 5.52. The van der Waals surface area contributed by atoms with E-state index >= 15 is 0 Å². The zero-order valence-corrected chi connectivity index (χ0v) is 13.5. The fraction of sp³-hybridized carbons (Fsp3) is 0.118. The third kappa shape index (κ3) is 3.36. The van der Waals surface area contributed by atoms with Gasteiger partial charge in [0.1, 0.15) is 16.6 Å². The molecule has 0 bridgehead atoms. The van der Waals surface area contributed by atoms with Crippen molar-refractivity contribution in [1.29, 1.82) is 0 Å². The Labute approximate surface area is 136 Å². The van der Waals surface area contributed by atoms with Gasteiger partial charge >= 0.3 is 0 Å². The molecule has 0 N–H and O–H groups in total. The van der Waals surface area contributed by atoms with E-state index in [2.05, 4.69) is 11.1 Å². The topological polar surface area (TPSA) is 12.9 Å². The van der Waals surface area contributed by atoms with E-state index in [4.69, 9.17) is 0 Å². The molecule has 0 amide bonds. The molecule has 5 heteroatoms. The van der Waals surface area contributed by atoms with Crippen molar-refractivity contribution in [3.63, 3.8) is 0 Å². The first-order chi connectivity index (χ1) is 10.6.